The fourth-order valence-corrected chi connectivity index (χ4v) is 11.1. The highest BCUT2D eigenvalue weighted by Gasteiger charge is 2.71. The molecule has 6 rings (SSSR count). The SMILES string of the molecule is [C-]#[N+]C1=C(O)C(C)(C)[C@@H]2CC[C@]3(C)C(=CC(=O)[C@@H]4[C@@H]5CC(C)(C)CC[C@]5(N5CCOC5=O)CC[C@]43C)[C@@]2(C)C1. The maximum absolute atomic E-state index is 14.6. The van der Waals surface area contributed by atoms with Gasteiger partial charge in [0, 0.05) is 16.9 Å². The average molecular weight is 535 g/mol. The van der Waals surface area contributed by atoms with Gasteiger partial charge in [0.15, 0.2) is 5.78 Å². The Morgan fingerprint density at radius 3 is 2.36 bits per heavy atom. The maximum atomic E-state index is 14.6. The summed E-state index contributed by atoms with van der Waals surface area (Å²) in [6.07, 6.45) is 8.95. The van der Waals surface area contributed by atoms with E-state index in [0.717, 1.165) is 44.9 Å². The molecule has 0 radical (unpaired) electrons. The van der Waals surface area contributed by atoms with E-state index in [-0.39, 0.29) is 62.6 Å². The van der Waals surface area contributed by atoms with Gasteiger partial charge in [-0.1, -0.05) is 54.0 Å². The van der Waals surface area contributed by atoms with E-state index >= 15 is 0 Å². The predicted octanol–water partition coefficient (Wildman–Crippen LogP) is 7.47. The summed E-state index contributed by atoms with van der Waals surface area (Å²) in [5.74, 6) is 0.572. The van der Waals surface area contributed by atoms with Crippen molar-refractivity contribution in [1.82, 2.24) is 4.90 Å². The van der Waals surface area contributed by atoms with Crippen LogP contribution >= 0.6 is 0 Å². The van der Waals surface area contributed by atoms with Crippen LogP contribution in [0.25, 0.3) is 4.85 Å². The van der Waals surface area contributed by atoms with E-state index in [4.69, 9.17) is 11.3 Å². The molecule has 0 unspecified atom stereocenters. The van der Waals surface area contributed by atoms with Gasteiger partial charge in [-0.3, -0.25) is 9.69 Å². The fraction of sp³-hybridized carbons (Fsp3) is 0.788. The largest absolute Gasteiger partial charge is 0.523 e. The van der Waals surface area contributed by atoms with Crippen LogP contribution in [0.2, 0.25) is 0 Å². The molecule has 0 aromatic carbocycles. The second-order valence-corrected chi connectivity index (χ2v) is 15.8. The Hall–Kier alpha value is -2.29. The van der Waals surface area contributed by atoms with Crippen LogP contribution in [-0.4, -0.2) is 40.6 Å². The molecule has 6 aliphatic rings. The first-order valence-electron chi connectivity index (χ1n) is 15.1. The van der Waals surface area contributed by atoms with Crippen LogP contribution in [-0.2, 0) is 9.53 Å². The van der Waals surface area contributed by atoms with E-state index in [1.54, 1.807) is 0 Å². The van der Waals surface area contributed by atoms with Crippen molar-refractivity contribution in [2.75, 3.05) is 13.2 Å². The molecule has 3 saturated carbocycles. The van der Waals surface area contributed by atoms with Crippen molar-refractivity contribution < 1.29 is 19.4 Å². The van der Waals surface area contributed by atoms with Crippen LogP contribution in [0.3, 0.4) is 0 Å². The highest BCUT2D eigenvalue weighted by atomic mass is 16.6. The smallest absolute Gasteiger partial charge is 0.410 e. The number of rotatable bonds is 1. The Labute approximate surface area is 234 Å². The van der Waals surface area contributed by atoms with Gasteiger partial charge in [-0.05, 0) is 90.9 Å². The Morgan fingerprint density at radius 1 is 1.03 bits per heavy atom. The lowest BCUT2D eigenvalue weighted by molar-refractivity contribution is -0.173. The van der Waals surface area contributed by atoms with Gasteiger partial charge in [0.2, 0.25) is 5.70 Å². The molecular weight excluding hydrogens is 488 g/mol. The first-order chi connectivity index (χ1) is 18.1. The summed E-state index contributed by atoms with van der Waals surface area (Å²) in [6, 6.07) is 0. The van der Waals surface area contributed by atoms with E-state index in [2.05, 4.69) is 53.3 Å². The number of ketones is 1. The topological polar surface area (TPSA) is 71.2 Å². The zero-order valence-electron chi connectivity index (χ0n) is 24.9. The lowest BCUT2D eigenvalue weighted by atomic mass is 9.35. The minimum atomic E-state index is -0.513. The standard InChI is InChI=1S/C33H46N2O4/c1-28(2)11-13-33(35-15-16-39-27(35)38)14-12-32(7)25(20(33)18-28)22(36)17-24-30(5)19-21(34-8)26(37)29(3,4)23(30)9-10-31(24,32)6/h17,20,23,25,37H,9-16,18-19H2,1-7H3/t20-,23-,25-,30-,31+,32+,33-/m0/s1. The number of hydrogen-bond acceptors (Lipinski definition) is 4. The lowest BCUT2D eigenvalue weighted by Crippen LogP contribution is -2.69. The molecule has 6 heteroatoms. The summed E-state index contributed by atoms with van der Waals surface area (Å²) in [6.45, 7) is 24.7. The number of carbonyl (C=O) groups excluding carboxylic acids is 2. The molecule has 0 aromatic rings. The minimum absolute atomic E-state index is 0.101. The van der Waals surface area contributed by atoms with Gasteiger partial charge in [-0.25, -0.2) is 9.64 Å². The number of allylic oxidation sites excluding steroid dienone is 4. The monoisotopic (exact) mass is 534 g/mol. The number of fused-ring (bicyclic) bond motifs is 7. The van der Waals surface area contributed by atoms with Gasteiger partial charge >= 0.3 is 6.09 Å². The summed E-state index contributed by atoms with van der Waals surface area (Å²) < 4.78 is 5.47. The molecule has 1 aliphatic heterocycles. The van der Waals surface area contributed by atoms with Crippen molar-refractivity contribution in [3.63, 3.8) is 0 Å². The predicted molar refractivity (Wildman–Crippen MR) is 149 cm³/mol. The normalized spacial score (nSPS) is 46.3. The summed E-state index contributed by atoms with van der Waals surface area (Å²) in [4.78, 5) is 33.4. The molecule has 1 saturated heterocycles. The second kappa shape index (κ2) is 7.92. The van der Waals surface area contributed by atoms with Gasteiger partial charge in [0.25, 0.3) is 0 Å². The molecule has 0 spiro atoms. The fourth-order valence-electron chi connectivity index (χ4n) is 11.1. The molecule has 4 fully saturated rings. The molecule has 0 aromatic heterocycles. The van der Waals surface area contributed by atoms with Crippen molar-refractivity contribution in [3.8, 4) is 0 Å². The Kier molecular flexibility index (Phi) is 5.46. The summed E-state index contributed by atoms with van der Waals surface area (Å²) in [7, 11) is 0. The first-order valence-corrected chi connectivity index (χ1v) is 15.1. The Morgan fingerprint density at radius 2 is 1.72 bits per heavy atom. The van der Waals surface area contributed by atoms with E-state index < -0.39 is 5.41 Å². The van der Waals surface area contributed by atoms with Crippen molar-refractivity contribution in [3.05, 3.63) is 34.5 Å². The zero-order valence-corrected chi connectivity index (χ0v) is 24.9. The van der Waals surface area contributed by atoms with Crippen molar-refractivity contribution in [2.45, 2.75) is 105 Å². The molecular formula is C33H46N2O4. The van der Waals surface area contributed by atoms with Gasteiger partial charge in [-0.15, -0.1) is 0 Å². The summed E-state index contributed by atoms with van der Waals surface area (Å²) >= 11 is 0. The van der Waals surface area contributed by atoms with E-state index in [1.807, 2.05) is 11.0 Å². The number of hydrogen-bond donors (Lipinski definition) is 1. The van der Waals surface area contributed by atoms with Crippen LogP contribution in [0.15, 0.2) is 23.1 Å². The first kappa shape index (κ1) is 26.9. The van der Waals surface area contributed by atoms with E-state index in [0.29, 0.717) is 25.3 Å². The average Bonchev–Trinajstić information content (AvgIpc) is 3.29. The molecule has 6 nitrogen and oxygen atoms in total. The number of cyclic esters (lactones) is 1. The second-order valence-electron chi connectivity index (χ2n) is 15.8. The number of nitrogens with zero attached hydrogens (tertiary/aromatic N) is 2. The molecule has 212 valence electrons. The van der Waals surface area contributed by atoms with Gasteiger partial charge < -0.3 is 9.84 Å². The van der Waals surface area contributed by atoms with Gasteiger partial charge in [0.1, 0.15) is 12.4 Å². The molecule has 0 bridgehead atoms. The Balaban J connectivity index is 1.50. The molecule has 5 aliphatic carbocycles. The van der Waals surface area contributed by atoms with Crippen molar-refractivity contribution in [1.29, 1.82) is 0 Å². The quantitative estimate of drug-likeness (QED) is 0.354. The van der Waals surface area contributed by atoms with Crippen LogP contribution in [0.4, 0.5) is 4.79 Å². The van der Waals surface area contributed by atoms with Crippen molar-refractivity contribution >= 4 is 11.9 Å². The number of carbonyl (C=O) groups is 2. The van der Waals surface area contributed by atoms with Gasteiger partial charge in [0.05, 0.1) is 13.1 Å². The zero-order chi connectivity index (χ0) is 28.4. The molecule has 1 N–H and O–H groups in total. The summed E-state index contributed by atoms with van der Waals surface area (Å²) in [5.41, 5.74) is 0.167. The molecule has 1 amide bonds. The highest BCUT2D eigenvalue weighted by Crippen LogP contribution is 2.74. The third-order valence-electron chi connectivity index (χ3n) is 13.4. The molecule has 1 heterocycles. The Bertz CT molecular complexity index is 1250. The third-order valence-corrected chi connectivity index (χ3v) is 13.4. The highest BCUT2D eigenvalue weighted by molar-refractivity contribution is 5.95. The molecule has 7 atom stereocenters. The van der Waals surface area contributed by atoms with Gasteiger partial charge in [-0.2, -0.15) is 0 Å². The number of ether oxygens (including phenoxy) is 1. The van der Waals surface area contributed by atoms with E-state index in [1.165, 1.54) is 5.57 Å². The van der Waals surface area contributed by atoms with Crippen LogP contribution in [0.5, 0.6) is 0 Å². The number of amides is 1. The number of aliphatic hydroxyl groups is 1. The number of aliphatic hydroxyl groups excluding tert-OH is 1. The molecule has 39 heavy (non-hydrogen) atoms. The maximum Gasteiger partial charge on any atom is 0.410 e. The van der Waals surface area contributed by atoms with E-state index in [9.17, 15) is 14.7 Å². The van der Waals surface area contributed by atoms with Crippen LogP contribution in [0.1, 0.15) is 99.8 Å². The van der Waals surface area contributed by atoms with Crippen molar-refractivity contribution in [2.24, 2.45) is 44.8 Å². The minimum Gasteiger partial charge on any atom is -0.523 e. The van der Waals surface area contributed by atoms with Crippen LogP contribution in [0, 0.1) is 51.4 Å². The lowest BCUT2D eigenvalue weighted by Gasteiger charge is -2.70. The summed E-state index contributed by atoms with van der Waals surface area (Å²) in [5, 5.41) is 11.1. The van der Waals surface area contributed by atoms with Crippen LogP contribution < -0.4 is 0 Å². The third kappa shape index (κ3) is 3.19.